The largest absolute Gasteiger partial charge is 0.391 e. The SMILES string of the molecule is Cc1c(C(O)CN2C3CCC2[C@@H](O)C3)cc(/C=C/CN)n1-c1ccc(C#N)cc1. The van der Waals surface area contributed by atoms with Crippen molar-refractivity contribution in [2.45, 2.75) is 50.5 Å². The molecule has 4 atom stereocenters. The summed E-state index contributed by atoms with van der Waals surface area (Å²) in [4.78, 5) is 2.28. The molecule has 4 rings (SSSR count). The maximum atomic E-state index is 11.1. The van der Waals surface area contributed by atoms with Crippen molar-refractivity contribution >= 4 is 6.08 Å². The molecular formula is C23H28N4O2. The first-order valence-electron chi connectivity index (χ1n) is 10.2. The number of nitrogens with two attached hydrogens (primary N) is 1. The zero-order valence-electron chi connectivity index (χ0n) is 16.7. The van der Waals surface area contributed by atoms with Crippen LogP contribution in [0.4, 0.5) is 0 Å². The molecule has 6 heteroatoms. The van der Waals surface area contributed by atoms with Crippen molar-refractivity contribution < 1.29 is 10.2 Å². The maximum absolute atomic E-state index is 11.1. The van der Waals surface area contributed by atoms with Gasteiger partial charge in [-0.25, -0.2) is 0 Å². The second-order valence-electron chi connectivity index (χ2n) is 8.06. The molecule has 1 aromatic heterocycles. The van der Waals surface area contributed by atoms with E-state index in [-0.39, 0.29) is 12.1 Å². The van der Waals surface area contributed by atoms with E-state index >= 15 is 0 Å². The van der Waals surface area contributed by atoms with Crippen LogP contribution in [0.5, 0.6) is 0 Å². The van der Waals surface area contributed by atoms with Crippen LogP contribution < -0.4 is 5.73 Å². The van der Waals surface area contributed by atoms with Gasteiger partial charge in [-0.1, -0.05) is 6.08 Å². The Morgan fingerprint density at radius 3 is 2.66 bits per heavy atom. The summed E-state index contributed by atoms with van der Waals surface area (Å²) >= 11 is 0. The fraction of sp³-hybridized carbons (Fsp3) is 0.435. The summed E-state index contributed by atoms with van der Waals surface area (Å²) in [6.45, 7) is 2.97. The first-order chi connectivity index (χ1) is 14.0. The smallest absolute Gasteiger partial charge is 0.0991 e. The average molecular weight is 393 g/mol. The molecule has 0 aliphatic carbocycles. The van der Waals surface area contributed by atoms with Gasteiger partial charge in [0, 0.05) is 47.8 Å². The van der Waals surface area contributed by atoms with Crippen LogP contribution in [-0.4, -0.2) is 51.0 Å². The lowest BCUT2D eigenvalue weighted by Gasteiger charge is -2.25. The van der Waals surface area contributed by atoms with Gasteiger partial charge in [0.2, 0.25) is 0 Å². The lowest BCUT2D eigenvalue weighted by atomic mass is 9.98. The summed E-state index contributed by atoms with van der Waals surface area (Å²) in [5.74, 6) is 0. The molecule has 0 radical (unpaired) electrons. The van der Waals surface area contributed by atoms with Gasteiger partial charge in [-0.2, -0.15) is 5.26 Å². The fourth-order valence-corrected chi connectivity index (χ4v) is 4.98. The highest BCUT2D eigenvalue weighted by atomic mass is 16.3. The first kappa shape index (κ1) is 19.9. The third-order valence-electron chi connectivity index (χ3n) is 6.39. The highest BCUT2D eigenvalue weighted by Crippen LogP contribution is 2.39. The number of aliphatic hydroxyl groups is 2. The molecule has 1 aromatic carbocycles. The average Bonchev–Trinajstić information content (AvgIpc) is 3.36. The molecule has 2 aliphatic heterocycles. The number of benzene rings is 1. The third-order valence-corrected chi connectivity index (χ3v) is 6.39. The van der Waals surface area contributed by atoms with Crippen molar-refractivity contribution in [3.8, 4) is 11.8 Å². The number of rotatable bonds is 6. The Bertz CT molecular complexity index is 941. The molecule has 2 bridgehead atoms. The van der Waals surface area contributed by atoms with E-state index in [4.69, 9.17) is 11.0 Å². The van der Waals surface area contributed by atoms with Crippen molar-refractivity contribution in [1.82, 2.24) is 9.47 Å². The highest BCUT2D eigenvalue weighted by Gasteiger charge is 2.46. The van der Waals surface area contributed by atoms with Crippen molar-refractivity contribution in [2.75, 3.05) is 13.1 Å². The van der Waals surface area contributed by atoms with Gasteiger partial charge in [-0.3, -0.25) is 4.90 Å². The minimum atomic E-state index is -0.631. The molecular weight excluding hydrogens is 364 g/mol. The number of nitriles is 1. The van der Waals surface area contributed by atoms with Crippen LogP contribution in [0.25, 0.3) is 11.8 Å². The highest BCUT2D eigenvalue weighted by molar-refractivity contribution is 5.56. The van der Waals surface area contributed by atoms with Gasteiger partial charge in [0.05, 0.1) is 23.8 Å². The lowest BCUT2D eigenvalue weighted by molar-refractivity contribution is 0.0798. The van der Waals surface area contributed by atoms with E-state index in [0.29, 0.717) is 24.7 Å². The summed E-state index contributed by atoms with van der Waals surface area (Å²) < 4.78 is 2.08. The zero-order valence-corrected chi connectivity index (χ0v) is 16.7. The molecule has 3 unspecified atom stereocenters. The van der Waals surface area contributed by atoms with Crippen molar-refractivity contribution in [3.63, 3.8) is 0 Å². The summed E-state index contributed by atoms with van der Waals surface area (Å²) in [7, 11) is 0. The Morgan fingerprint density at radius 2 is 2.07 bits per heavy atom. The van der Waals surface area contributed by atoms with Gasteiger partial charge in [0.25, 0.3) is 0 Å². The van der Waals surface area contributed by atoms with E-state index in [0.717, 1.165) is 41.9 Å². The molecule has 2 aliphatic rings. The Labute approximate surface area is 171 Å². The Morgan fingerprint density at radius 1 is 1.31 bits per heavy atom. The second kappa shape index (κ2) is 8.13. The number of hydrogen-bond donors (Lipinski definition) is 3. The normalized spacial score (nSPS) is 25.0. The van der Waals surface area contributed by atoms with Crippen LogP contribution in [0.15, 0.2) is 36.4 Å². The topological polar surface area (TPSA) is 98.4 Å². The Hall–Kier alpha value is -2.43. The third kappa shape index (κ3) is 3.63. The van der Waals surface area contributed by atoms with Gasteiger partial charge in [-0.15, -0.1) is 0 Å². The van der Waals surface area contributed by atoms with Crippen molar-refractivity contribution in [2.24, 2.45) is 5.73 Å². The van der Waals surface area contributed by atoms with Crippen LogP contribution in [0.2, 0.25) is 0 Å². The quantitative estimate of drug-likeness (QED) is 0.700. The molecule has 4 N–H and O–H groups in total. The molecule has 0 amide bonds. The van der Waals surface area contributed by atoms with E-state index in [1.807, 2.05) is 37.3 Å². The van der Waals surface area contributed by atoms with Gasteiger partial charge in [0.1, 0.15) is 0 Å². The minimum absolute atomic E-state index is 0.173. The van der Waals surface area contributed by atoms with Gasteiger partial charge in [-0.05, 0) is 62.6 Å². The van der Waals surface area contributed by atoms with E-state index in [1.54, 1.807) is 12.1 Å². The maximum Gasteiger partial charge on any atom is 0.0991 e. The predicted molar refractivity (Wildman–Crippen MR) is 112 cm³/mol. The molecule has 0 saturated carbocycles. The van der Waals surface area contributed by atoms with E-state index < -0.39 is 6.10 Å². The number of aromatic nitrogens is 1. The summed E-state index contributed by atoms with van der Waals surface area (Å²) in [6.07, 6.45) is 5.87. The monoisotopic (exact) mass is 392 g/mol. The van der Waals surface area contributed by atoms with E-state index in [1.165, 1.54) is 0 Å². The summed E-state index contributed by atoms with van der Waals surface area (Å²) in [5.41, 5.74) is 9.99. The molecule has 29 heavy (non-hydrogen) atoms. The van der Waals surface area contributed by atoms with Gasteiger partial charge >= 0.3 is 0 Å². The molecule has 6 nitrogen and oxygen atoms in total. The summed E-state index contributed by atoms with van der Waals surface area (Å²) in [5, 5.41) is 30.3. The molecule has 2 aromatic rings. The van der Waals surface area contributed by atoms with E-state index in [2.05, 4.69) is 15.5 Å². The van der Waals surface area contributed by atoms with E-state index in [9.17, 15) is 10.2 Å². The summed E-state index contributed by atoms with van der Waals surface area (Å²) in [6, 6.07) is 12.1. The first-order valence-corrected chi connectivity index (χ1v) is 10.2. The predicted octanol–water partition coefficient (Wildman–Crippen LogP) is 2.26. The number of hydrogen-bond acceptors (Lipinski definition) is 5. The molecule has 2 saturated heterocycles. The Balaban J connectivity index is 1.66. The zero-order chi connectivity index (χ0) is 20.5. The van der Waals surface area contributed by atoms with Crippen LogP contribution in [0.1, 0.15) is 47.9 Å². The minimum Gasteiger partial charge on any atom is -0.391 e. The fourth-order valence-electron chi connectivity index (χ4n) is 4.98. The van der Waals surface area contributed by atoms with Crippen LogP contribution in [0.3, 0.4) is 0 Å². The van der Waals surface area contributed by atoms with Crippen molar-refractivity contribution in [1.29, 1.82) is 5.26 Å². The molecule has 2 fully saturated rings. The van der Waals surface area contributed by atoms with Gasteiger partial charge < -0.3 is 20.5 Å². The van der Waals surface area contributed by atoms with Crippen LogP contribution >= 0.6 is 0 Å². The molecule has 152 valence electrons. The molecule has 3 heterocycles. The van der Waals surface area contributed by atoms with Crippen molar-refractivity contribution in [3.05, 3.63) is 58.9 Å². The lowest BCUT2D eigenvalue weighted by Crippen LogP contribution is -2.35. The van der Waals surface area contributed by atoms with Crippen LogP contribution in [-0.2, 0) is 0 Å². The standard InChI is InChI=1S/C23H28N4O2/c1-15-20(23(29)14-26-18-8-9-21(26)22(28)12-18)11-19(3-2-10-24)27(15)17-6-4-16(13-25)5-7-17/h2-7,11,18,21-23,28-29H,8-10,12,14,24H2,1H3/b3-2+/t18?,21?,22-,23?/m0/s1. The molecule has 0 spiro atoms. The number of nitrogens with zero attached hydrogens (tertiary/aromatic N) is 3. The second-order valence-corrected chi connectivity index (χ2v) is 8.06. The number of fused-ring (bicyclic) bond motifs is 2. The van der Waals surface area contributed by atoms with Crippen LogP contribution in [0, 0.1) is 18.3 Å². The Kier molecular flexibility index (Phi) is 5.57. The van der Waals surface area contributed by atoms with Gasteiger partial charge in [0.15, 0.2) is 0 Å². The number of aliphatic hydroxyl groups excluding tert-OH is 2.